The van der Waals surface area contributed by atoms with Crippen molar-refractivity contribution in [1.82, 2.24) is 4.31 Å². The lowest BCUT2D eigenvalue weighted by Gasteiger charge is -2.09. The van der Waals surface area contributed by atoms with Crippen molar-refractivity contribution in [2.24, 2.45) is 0 Å². The molecule has 12 heavy (non-hydrogen) atoms. The SMILES string of the molecule is C.CC.CS(=O)(=O)N1CCCC1. The standard InChI is InChI=1S/C5H11NO2S.C2H6.CH4/c1-9(7,8)6-4-2-3-5-6;1-2;/h2-5H2,1H3;1-2H3;1H4. The summed E-state index contributed by atoms with van der Waals surface area (Å²) in [5.74, 6) is 0. The van der Waals surface area contributed by atoms with E-state index >= 15 is 0 Å². The summed E-state index contributed by atoms with van der Waals surface area (Å²) < 4.78 is 23.0. The number of rotatable bonds is 1. The van der Waals surface area contributed by atoms with Gasteiger partial charge in [-0.3, -0.25) is 0 Å². The molecule has 0 bridgehead atoms. The predicted molar refractivity (Wildman–Crippen MR) is 53.7 cm³/mol. The molecule has 0 aromatic heterocycles. The highest BCUT2D eigenvalue weighted by Gasteiger charge is 2.19. The number of nitrogens with zero attached hydrogens (tertiary/aromatic N) is 1. The molecule has 0 aromatic carbocycles. The minimum atomic E-state index is -2.87. The smallest absolute Gasteiger partial charge is 0.211 e. The van der Waals surface area contributed by atoms with Crippen LogP contribution >= 0.6 is 0 Å². The molecule has 1 saturated heterocycles. The Morgan fingerprint density at radius 3 is 1.58 bits per heavy atom. The first-order valence-electron chi connectivity index (χ1n) is 4.06. The molecule has 1 heterocycles. The molecular weight excluding hydrogens is 174 g/mol. The third-order valence-corrected chi connectivity index (χ3v) is 2.84. The van der Waals surface area contributed by atoms with Crippen LogP contribution in [0.2, 0.25) is 0 Å². The molecule has 0 N–H and O–H groups in total. The summed E-state index contributed by atoms with van der Waals surface area (Å²) in [6, 6.07) is 0. The van der Waals surface area contributed by atoms with Crippen LogP contribution in [-0.2, 0) is 10.0 Å². The van der Waals surface area contributed by atoms with Gasteiger partial charge >= 0.3 is 0 Å². The van der Waals surface area contributed by atoms with Gasteiger partial charge in [0.1, 0.15) is 0 Å². The zero-order valence-electron chi connectivity index (χ0n) is 7.50. The maximum absolute atomic E-state index is 10.8. The van der Waals surface area contributed by atoms with E-state index in [9.17, 15) is 8.42 Å². The Bertz CT molecular complexity index is 181. The molecular formula is C8H21NO2S. The Morgan fingerprint density at radius 2 is 1.42 bits per heavy atom. The summed E-state index contributed by atoms with van der Waals surface area (Å²) in [7, 11) is -2.87. The lowest BCUT2D eigenvalue weighted by atomic mass is 10.4. The second-order valence-corrected chi connectivity index (χ2v) is 4.35. The van der Waals surface area contributed by atoms with Crippen molar-refractivity contribution >= 4 is 10.0 Å². The van der Waals surface area contributed by atoms with Crippen molar-refractivity contribution in [3.8, 4) is 0 Å². The summed E-state index contributed by atoms with van der Waals surface area (Å²) in [6.07, 6.45) is 3.30. The summed E-state index contributed by atoms with van der Waals surface area (Å²) in [4.78, 5) is 0. The van der Waals surface area contributed by atoms with Gasteiger partial charge in [-0.25, -0.2) is 12.7 Å². The zero-order valence-corrected chi connectivity index (χ0v) is 8.32. The second kappa shape index (κ2) is 6.43. The van der Waals surface area contributed by atoms with Gasteiger partial charge in [0.05, 0.1) is 6.26 Å². The van der Waals surface area contributed by atoms with Crippen LogP contribution in [0.1, 0.15) is 34.1 Å². The van der Waals surface area contributed by atoms with Crippen molar-refractivity contribution in [2.45, 2.75) is 34.1 Å². The topological polar surface area (TPSA) is 37.4 Å². The maximum atomic E-state index is 10.8. The molecule has 0 saturated carbocycles. The Balaban J connectivity index is 0. The van der Waals surface area contributed by atoms with E-state index in [0.29, 0.717) is 0 Å². The van der Waals surface area contributed by atoms with Crippen LogP contribution in [0, 0.1) is 0 Å². The van der Waals surface area contributed by atoms with E-state index in [4.69, 9.17) is 0 Å². The molecule has 0 unspecified atom stereocenters. The van der Waals surface area contributed by atoms with E-state index in [1.54, 1.807) is 0 Å². The van der Waals surface area contributed by atoms with Crippen molar-refractivity contribution in [1.29, 1.82) is 0 Å². The minimum Gasteiger partial charge on any atom is -0.213 e. The molecule has 1 rings (SSSR count). The maximum Gasteiger partial charge on any atom is 0.211 e. The predicted octanol–water partition coefficient (Wildman–Crippen LogP) is 1.70. The van der Waals surface area contributed by atoms with Gasteiger partial charge in [0.2, 0.25) is 10.0 Å². The molecule has 1 aliphatic rings. The van der Waals surface area contributed by atoms with Gasteiger partial charge in [-0.1, -0.05) is 21.3 Å². The fourth-order valence-electron chi connectivity index (χ4n) is 1.02. The molecule has 0 spiro atoms. The summed E-state index contributed by atoms with van der Waals surface area (Å²) in [6.45, 7) is 5.44. The highest BCUT2D eigenvalue weighted by molar-refractivity contribution is 7.88. The molecule has 4 heteroatoms. The van der Waals surface area contributed by atoms with Crippen LogP contribution in [0.4, 0.5) is 0 Å². The van der Waals surface area contributed by atoms with Crippen molar-refractivity contribution in [3.05, 3.63) is 0 Å². The quantitative estimate of drug-likeness (QED) is 0.638. The average molecular weight is 195 g/mol. The first-order chi connectivity index (χ1) is 5.11. The summed E-state index contributed by atoms with van der Waals surface area (Å²) in [5.41, 5.74) is 0. The summed E-state index contributed by atoms with van der Waals surface area (Å²) >= 11 is 0. The molecule has 1 fully saturated rings. The molecule has 76 valence electrons. The molecule has 3 nitrogen and oxygen atoms in total. The van der Waals surface area contributed by atoms with Crippen LogP contribution in [0.15, 0.2) is 0 Å². The normalized spacial score (nSPS) is 17.6. The van der Waals surface area contributed by atoms with Crippen molar-refractivity contribution < 1.29 is 8.42 Å². The van der Waals surface area contributed by atoms with E-state index in [-0.39, 0.29) is 7.43 Å². The Morgan fingerprint density at radius 1 is 1.08 bits per heavy atom. The number of hydrogen-bond acceptors (Lipinski definition) is 2. The molecule has 0 atom stereocenters. The first-order valence-corrected chi connectivity index (χ1v) is 5.90. The molecule has 0 aromatic rings. The third kappa shape index (κ3) is 4.72. The lowest BCUT2D eigenvalue weighted by molar-refractivity contribution is 0.483. The van der Waals surface area contributed by atoms with Gasteiger partial charge in [-0.05, 0) is 12.8 Å². The van der Waals surface area contributed by atoms with Gasteiger partial charge in [0, 0.05) is 13.1 Å². The van der Waals surface area contributed by atoms with Crippen LogP contribution in [0.3, 0.4) is 0 Å². The zero-order chi connectivity index (χ0) is 8.91. The van der Waals surface area contributed by atoms with Gasteiger partial charge in [-0.15, -0.1) is 0 Å². The average Bonchev–Trinajstić information content (AvgIpc) is 2.40. The van der Waals surface area contributed by atoms with Crippen molar-refractivity contribution in [2.75, 3.05) is 19.3 Å². The van der Waals surface area contributed by atoms with Gasteiger partial charge in [0.15, 0.2) is 0 Å². The van der Waals surface area contributed by atoms with Gasteiger partial charge < -0.3 is 0 Å². The fraction of sp³-hybridized carbons (Fsp3) is 1.00. The number of sulfonamides is 1. The van der Waals surface area contributed by atoms with E-state index in [2.05, 4.69) is 0 Å². The lowest BCUT2D eigenvalue weighted by Crippen LogP contribution is -2.26. The Kier molecular flexibility index (Phi) is 7.73. The van der Waals surface area contributed by atoms with Gasteiger partial charge in [0.25, 0.3) is 0 Å². The monoisotopic (exact) mass is 195 g/mol. The first kappa shape index (κ1) is 14.4. The molecule has 0 radical (unpaired) electrons. The molecule has 0 amide bonds. The summed E-state index contributed by atoms with van der Waals surface area (Å²) in [5, 5.41) is 0. The highest BCUT2D eigenvalue weighted by atomic mass is 32.2. The van der Waals surface area contributed by atoms with E-state index in [1.165, 1.54) is 10.6 Å². The van der Waals surface area contributed by atoms with E-state index in [1.807, 2.05) is 13.8 Å². The Labute approximate surface area is 76.8 Å². The van der Waals surface area contributed by atoms with Gasteiger partial charge in [-0.2, -0.15) is 0 Å². The van der Waals surface area contributed by atoms with Crippen molar-refractivity contribution in [3.63, 3.8) is 0 Å². The van der Waals surface area contributed by atoms with Crippen LogP contribution in [-0.4, -0.2) is 32.1 Å². The van der Waals surface area contributed by atoms with Crippen LogP contribution in [0.5, 0.6) is 0 Å². The van der Waals surface area contributed by atoms with E-state index < -0.39 is 10.0 Å². The molecule has 1 aliphatic heterocycles. The van der Waals surface area contributed by atoms with E-state index in [0.717, 1.165) is 25.9 Å². The highest BCUT2D eigenvalue weighted by Crippen LogP contribution is 2.10. The number of hydrogen-bond donors (Lipinski definition) is 0. The van der Waals surface area contributed by atoms with Crippen LogP contribution < -0.4 is 0 Å². The largest absolute Gasteiger partial charge is 0.213 e. The minimum absolute atomic E-state index is 0. The molecule has 0 aliphatic carbocycles. The third-order valence-electron chi connectivity index (χ3n) is 1.53. The second-order valence-electron chi connectivity index (χ2n) is 2.37. The van der Waals surface area contributed by atoms with Crippen LogP contribution in [0.25, 0.3) is 0 Å². The Hall–Kier alpha value is -0.0900. The fourth-order valence-corrected chi connectivity index (χ4v) is 1.94.